The van der Waals surface area contributed by atoms with Gasteiger partial charge in [-0.1, -0.05) is 27.7 Å². The number of carboxylic acids is 1. The average molecular weight is 331 g/mol. The SMILES string of the molecule is CC(C)[C@@H](C(=O)O[C@@H](C(=O)O)C(C)C)N(C)C(=O)OC(C)(C)C. The third-order valence-electron chi connectivity index (χ3n) is 3.06. The van der Waals surface area contributed by atoms with Gasteiger partial charge in [-0.15, -0.1) is 0 Å². The summed E-state index contributed by atoms with van der Waals surface area (Å²) in [5.41, 5.74) is -0.696. The van der Waals surface area contributed by atoms with Gasteiger partial charge in [-0.05, 0) is 26.7 Å². The van der Waals surface area contributed by atoms with Crippen LogP contribution in [0.15, 0.2) is 0 Å². The monoisotopic (exact) mass is 331 g/mol. The third kappa shape index (κ3) is 6.88. The second-order valence-corrected chi connectivity index (χ2v) is 7.22. The smallest absolute Gasteiger partial charge is 0.410 e. The summed E-state index contributed by atoms with van der Waals surface area (Å²) in [6.07, 6.45) is -1.92. The Kier molecular flexibility index (Phi) is 7.54. The van der Waals surface area contributed by atoms with Crippen molar-refractivity contribution in [2.45, 2.75) is 66.2 Å². The van der Waals surface area contributed by atoms with Crippen molar-refractivity contribution in [2.75, 3.05) is 7.05 Å². The van der Waals surface area contributed by atoms with Gasteiger partial charge in [0.05, 0.1) is 0 Å². The number of aliphatic carboxylic acids is 1. The van der Waals surface area contributed by atoms with Crippen LogP contribution in [0.4, 0.5) is 4.79 Å². The molecular formula is C16H29NO6. The maximum absolute atomic E-state index is 12.4. The molecule has 0 bridgehead atoms. The highest BCUT2D eigenvalue weighted by molar-refractivity contribution is 5.84. The zero-order valence-electron chi connectivity index (χ0n) is 15.2. The summed E-state index contributed by atoms with van der Waals surface area (Å²) in [6.45, 7) is 12.0. The second kappa shape index (κ2) is 8.17. The standard InChI is InChI=1S/C16H29NO6/c1-9(2)11(17(8)15(21)23-16(5,6)7)14(20)22-12(10(3)4)13(18)19/h9-12H,1-8H3,(H,18,19)/t11-,12+/m0/s1. The number of rotatable bonds is 6. The maximum atomic E-state index is 12.4. The molecule has 1 N–H and O–H groups in total. The molecule has 0 aliphatic heterocycles. The Morgan fingerprint density at radius 2 is 1.48 bits per heavy atom. The van der Waals surface area contributed by atoms with Crippen LogP contribution in [-0.4, -0.2) is 52.8 Å². The van der Waals surface area contributed by atoms with Crippen molar-refractivity contribution in [1.29, 1.82) is 0 Å². The molecule has 134 valence electrons. The Bertz CT molecular complexity index is 438. The molecule has 0 aliphatic carbocycles. The van der Waals surface area contributed by atoms with Gasteiger partial charge in [-0.2, -0.15) is 0 Å². The Morgan fingerprint density at radius 3 is 1.78 bits per heavy atom. The van der Waals surface area contributed by atoms with Crippen LogP contribution in [0.25, 0.3) is 0 Å². The quantitative estimate of drug-likeness (QED) is 0.752. The molecule has 0 heterocycles. The van der Waals surface area contributed by atoms with E-state index in [1.165, 1.54) is 7.05 Å². The summed E-state index contributed by atoms with van der Waals surface area (Å²) < 4.78 is 10.4. The van der Waals surface area contributed by atoms with Crippen LogP contribution in [-0.2, 0) is 19.1 Å². The first-order valence-corrected chi connectivity index (χ1v) is 7.67. The van der Waals surface area contributed by atoms with Crippen LogP contribution < -0.4 is 0 Å². The molecule has 0 spiro atoms. The normalized spacial score (nSPS) is 14.3. The summed E-state index contributed by atoms with van der Waals surface area (Å²) in [6, 6.07) is -0.926. The molecule has 0 aliphatic rings. The van der Waals surface area contributed by atoms with E-state index in [2.05, 4.69) is 0 Å². The lowest BCUT2D eigenvalue weighted by Crippen LogP contribution is -2.50. The van der Waals surface area contributed by atoms with E-state index in [0.717, 1.165) is 4.90 Å². The predicted octanol–water partition coefficient (Wildman–Crippen LogP) is 2.53. The minimum Gasteiger partial charge on any atom is -0.478 e. The lowest BCUT2D eigenvalue weighted by atomic mass is 10.0. The van der Waals surface area contributed by atoms with Gasteiger partial charge >= 0.3 is 18.0 Å². The fraction of sp³-hybridized carbons (Fsp3) is 0.812. The minimum atomic E-state index is -1.25. The van der Waals surface area contributed by atoms with Crippen molar-refractivity contribution in [3.8, 4) is 0 Å². The molecule has 0 aromatic heterocycles. The maximum Gasteiger partial charge on any atom is 0.410 e. The lowest BCUT2D eigenvalue weighted by molar-refractivity contribution is -0.171. The van der Waals surface area contributed by atoms with Gasteiger partial charge in [0.15, 0.2) is 0 Å². The molecular weight excluding hydrogens is 302 g/mol. The van der Waals surface area contributed by atoms with Crippen molar-refractivity contribution in [2.24, 2.45) is 11.8 Å². The van der Waals surface area contributed by atoms with E-state index < -0.39 is 35.8 Å². The molecule has 2 atom stereocenters. The molecule has 23 heavy (non-hydrogen) atoms. The summed E-state index contributed by atoms with van der Waals surface area (Å²) >= 11 is 0. The molecule has 0 unspecified atom stereocenters. The number of nitrogens with zero attached hydrogens (tertiary/aromatic N) is 1. The Morgan fingerprint density at radius 1 is 1.00 bits per heavy atom. The van der Waals surface area contributed by atoms with Crippen molar-refractivity contribution in [3.63, 3.8) is 0 Å². The summed E-state index contributed by atoms with van der Waals surface area (Å²) in [7, 11) is 1.44. The van der Waals surface area contributed by atoms with E-state index in [1.807, 2.05) is 0 Å². The van der Waals surface area contributed by atoms with E-state index in [1.54, 1.807) is 48.5 Å². The zero-order valence-corrected chi connectivity index (χ0v) is 15.2. The van der Waals surface area contributed by atoms with E-state index >= 15 is 0 Å². The van der Waals surface area contributed by atoms with E-state index in [0.29, 0.717) is 0 Å². The highest BCUT2D eigenvalue weighted by Gasteiger charge is 2.36. The molecule has 7 heteroatoms. The molecule has 0 saturated heterocycles. The van der Waals surface area contributed by atoms with Crippen LogP contribution in [0.2, 0.25) is 0 Å². The number of carbonyl (C=O) groups is 3. The highest BCUT2D eigenvalue weighted by atomic mass is 16.6. The second-order valence-electron chi connectivity index (χ2n) is 7.22. The zero-order chi connectivity index (χ0) is 18.5. The highest BCUT2D eigenvalue weighted by Crippen LogP contribution is 2.18. The molecule has 0 saturated carbocycles. The fourth-order valence-corrected chi connectivity index (χ4v) is 1.99. The van der Waals surface area contributed by atoms with Crippen LogP contribution in [0.1, 0.15) is 48.5 Å². The third-order valence-corrected chi connectivity index (χ3v) is 3.06. The van der Waals surface area contributed by atoms with Crippen molar-refractivity contribution in [3.05, 3.63) is 0 Å². The first kappa shape index (κ1) is 21.2. The summed E-state index contributed by atoms with van der Waals surface area (Å²) in [5, 5.41) is 9.13. The van der Waals surface area contributed by atoms with Gasteiger partial charge in [0.1, 0.15) is 11.6 Å². The number of likely N-dealkylation sites (N-methyl/N-ethyl adjacent to an activating group) is 1. The van der Waals surface area contributed by atoms with Crippen molar-refractivity contribution < 1.29 is 29.0 Å². The molecule has 0 rings (SSSR count). The van der Waals surface area contributed by atoms with E-state index in [9.17, 15) is 14.4 Å². The number of ether oxygens (including phenoxy) is 2. The van der Waals surface area contributed by atoms with Gasteiger partial charge in [0, 0.05) is 13.0 Å². The number of carbonyl (C=O) groups excluding carboxylic acids is 2. The Balaban J connectivity index is 5.21. The number of amides is 1. The van der Waals surface area contributed by atoms with Crippen LogP contribution in [0, 0.1) is 11.8 Å². The number of hydrogen-bond donors (Lipinski definition) is 1. The van der Waals surface area contributed by atoms with Gasteiger partial charge < -0.3 is 14.6 Å². The summed E-state index contributed by atoms with van der Waals surface area (Å²) in [4.78, 5) is 36.9. The molecule has 0 radical (unpaired) electrons. The average Bonchev–Trinajstić information content (AvgIpc) is 2.32. The van der Waals surface area contributed by atoms with Crippen molar-refractivity contribution >= 4 is 18.0 Å². The summed E-state index contributed by atoms with van der Waals surface area (Å²) in [5.74, 6) is -2.61. The first-order chi connectivity index (χ1) is 10.3. The molecule has 7 nitrogen and oxygen atoms in total. The van der Waals surface area contributed by atoms with Gasteiger partial charge in [0.2, 0.25) is 6.10 Å². The number of hydrogen-bond acceptors (Lipinski definition) is 5. The predicted molar refractivity (Wildman–Crippen MR) is 85.0 cm³/mol. The van der Waals surface area contributed by atoms with E-state index in [-0.39, 0.29) is 11.8 Å². The minimum absolute atomic E-state index is 0.262. The first-order valence-electron chi connectivity index (χ1n) is 7.67. The topological polar surface area (TPSA) is 93.1 Å². The fourth-order valence-electron chi connectivity index (χ4n) is 1.99. The van der Waals surface area contributed by atoms with Gasteiger partial charge in [-0.25, -0.2) is 14.4 Å². The molecule has 0 fully saturated rings. The molecule has 1 amide bonds. The van der Waals surface area contributed by atoms with Crippen molar-refractivity contribution in [1.82, 2.24) is 4.90 Å². The van der Waals surface area contributed by atoms with Crippen LogP contribution in [0.5, 0.6) is 0 Å². The van der Waals surface area contributed by atoms with Gasteiger partial charge in [-0.3, -0.25) is 4.90 Å². The Labute approximate surface area is 137 Å². The van der Waals surface area contributed by atoms with E-state index in [4.69, 9.17) is 14.6 Å². The number of esters is 1. The largest absolute Gasteiger partial charge is 0.478 e. The van der Waals surface area contributed by atoms with Crippen LogP contribution >= 0.6 is 0 Å². The Hall–Kier alpha value is -1.79. The molecule has 0 aromatic carbocycles. The molecule has 0 aromatic rings. The lowest BCUT2D eigenvalue weighted by Gasteiger charge is -2.32. The van der Waals surface area contributed by atoms with Gasteiger partial charge in [0.25, 0.3) is 0 Å². The number of carboxylic acid groups (broad SMARTS) is 1. The van der Waals surface area contributed by atoms with Crippen LogP contribution in [0.3, 0.4) is 0 Å².